The molecule has 2 atom stereocenters. The van der Waals surface area contributed by atoms with Crippen LogP contribution in [-0.2, 0) is 0 Å². The van der Waals surface area contributed by atoms with Gasteiger partial charge < -0.3 is 10.8 Å². The number of nitrogens with two attached hydrogens (primary N) is 1. The number of rotatable bonds is 2. The van der Waals surface area contributed by atoms with Gasteiger partial charge in [-0.1, -0.05) is 12.1 Å². The standard InChI is InChI=1S/C9H12FNO/c1-6(11)9(12)7-2-4-8(10)5-3-7/h2-6,9,12H,11H2,1H3. The Balaban J connectivity index is 2.82. The molecule has 2 unspecified atom stereocenters. The second-order valence-corrected chi connectivity index (χ2v) is 2.86. The summed E-state index contributed by atoms with van der Waals surface area (Å²) in [7, 11) is 0. The summed E-state index contributed by atoms with van der Waals surface area (Å²) in [6.07, 6.45) is -0.717. The van der Waals surface area contributed by atoms with Crippen LogP contribution in [0.25, 0.3) is 0 Å². The molecule has 1 aromatic rings. The average molecular weight is 169 g/mol. The fourth-order valence-electron chi connectivity index (χ4n) is 0.964. The zero-order valence-electron chi connectivity index (χ0n) is 6.87. The van der Waals surface area contributed by atoms with E-state index in [2.05, 4.69) is 0 Å². The Hall–Kier alpha value is -0.930. The zero-order chi connectivity index (χ0) is 9.14. The quantitative estimate of drug-likeness (QED) is 0.699. The van der Waals surface area contributed by atoms with Crippen LogP contribution in [-0.4, -0.2) is 11.1 Å². The Morgan fingerprint density at radius 3 is 2.25 bits per heavy atom. The number of hydrogen-bond acceptors (Lipinski definition) is 2. The van der Waals surface area contributed by atoms with Crippen molar-refractivity contribution in [2.24, 2.45) is 5.73 Å². The Morgan fingerprint density at radius 2 is 1.83 bits per heavy atom. The van der Waals surface area contributed by atoms with Crippen LogP contribution >= 0.6 is 0 Å². The van der Waals surface area contributed by atoms with Crippen molar-refractivity contribution >= 4 is 0 Å². The molecule has 0 amide bonds. The lowest BCUT2D eigenvalue weighted by Crippen LogP contribution is -2.24. The van der Waals surface area contributed by atoms with E-state index in [-0.39, 0.29) is 11.9 Å². The predicted octanol–water partition coefficient (Wildman–Crippen LogP) is 1.21. The molecule has 1 aromatic carbocycles. The van der Waals surface area contributed by atoms with Crippen molar-refractivity contribution in [3.05, 3.63) is 35.6 Å². The number of aliphatic hydroxyl groups is 1. The van der Waals surface area contributed by atoms with Gasteiger partial charge in [0, 0.05) is 6.04 Å². The van der Waals surface area contributed by atoms with E-state index in [1.165, 1.54) is 24.3 Å². The summed E-state index contributed by atoms with van der Waals surface area (Å²) >= 11 is 0. The Kier molecular flexibility index (Phi) is 2.78. The van der Waals surface area contributed by atoms with Gasteiger partial charge in [-0.3, -0.25) is 0 Å². The van der Waals surface area contributed by atoms with Gasteiger partial charge in [0.05, 0.1) is 6.10 Å². The summed E-state index contributed by atoms with van der Waals surface area (Å²) in [4.78, 5) is 0. The van der Waals surface area contributed by atoms with Gasteiger partial charge >= 0.3 is 0 Å². The SMILES string of the molecule is CC(N)C(O)c1ccc(F)cc1. The summed E-state index contributed by atoms with van der Waals surface area (Å²) in [5.41, 5.74) is 6.11. The Labute approximate surface area is 70.8 Å². The lowest BCUT2D eigenvalue weighted by molar-refractivity contribution is 0.153. The lowest BCUT2D eigenvalue weighted by Gasteiger charge is -2.14. The highest BCUT2D eigenvalue weighted by molar-refractivity contribution is 5.19. The van der Waals surface area contributed by atoms with Gasteiger partial charge in [-0.05, 0) is 24.6 Å². The first-order valence-corrected chi connectivity index (χ1v) is 3.80. The van der Waals surface area contributed by atoms with Crippen LogP contribution in [0.3, 0.4) is 0 Å². The molecule has 0 aromatic heterocycles. The molecular formula is C9H12FNO. The van der Waals surface area contributed by atoms with Gasteiger partial charge in [-0.15, -0.1) is 0 Å². The number of hydrogen-bond donors (Lipinski definition) is 2. The fraction of sp³-hybridized carbons (Fsp3) is 0.333. The highest BCUT2D eigenvalue weighted by Crippen LogP contribution is 2.15. The first-order chi connectivity index (χ1) is 5.61. The van der Waals surface area contributed by atoms with Crippen LogP contribution in [0.2, 0.25) is 0 Å². The van der Waals surface area contributed by atoms with Crippen molar-refractivity contribution in [1.29, 1.82) is 0 Å². The zero-order valence-corrected chi connectivity index (χ0v) is 6.87. The van der Waals surface area contributed by atoms with Crippen LogP contribution in [0.15, 0.2) is 24.3 Å². The molecule has 0 bridgehead atoms. The predicted molar refractivity (Wildman–Crippen MR) is 45.0 cm³/mol. The number of aliphatic hydroxyl groups excluding tert-OH is 1. The van der Waals surface area contributed by atoms with Crippen LogP contribution in [0.5, 0.6) is 0 Å². The van der Waals surface area contributed by atoms with E-state index in [0.717, 1.165) is 0 Å². The third-order valence-electron chi connectivity index (χ3n) is 1.71. The lowest BCUT2D eigenvalue weighted by atomic mass is 10.0. The second kappa shape index (κ2) is 3.65. The van der Waals surface area contributed by atoms with Crippen LogP contribution in [0, 0.1) is 5.82 Å². The monoisotopic (exact) mass is 169 g/mol. The van der Waals surface area contributed by atoms with Crippen molar-refractivity contribution in [2.45, 2.75) is 19.1 Å². The smallest absolute Gasteiger partial charge is 0.123 e. The maximum atomic E-state index is 12.4. The van der Waals surface area contributed by atoms with E-state index in [4.69, 9.17) is 5.73 Å². The van der Waals surface area contributed by atoms with Gasteiger partial charge in [-0.25, -0.2) is 4.39 Å². The van der Waals surface area contributed by atoms with E-state index in [0.29, 0.717) is 5.56 Å². The molecule has 0 saturated heterocycles. The van der Waals surface area contributed by atoms with Gasteiger partial charge in [0.15, 0.2) is 0 Å². The van der Waals surface area contributed by atoms with Crippen LogP contribution in [0.1, 0.15) is 18.6 Å². The third kappa shape index (κ3) is 2.03. The van der Waals surface area contributed by atoms with Crippen LogP contribution < -0.4 is 5.73 Å². The van der Waals surface area contributed by atoms with Crippen molar-refractivity contribution in [3.8, 4) is 0 Å². The molecule has 0 aliphatic carbocycles. The van der Waals surface area contributed by atoms with Crippen LogP contribution in [0.4, 0.5) is 4.39 Å². The van der Waals surface area contributed by atoms with E-state index in [9.17, 15) is 9.50 Å². The Bertz CT molecular complexity index is 245. The molecule has 66 valence electrons. The normalized spacial score (nSPS) is 15.7. The van der Waals surface area contributed by atoms with Gasteiger partial charge in [0.25, 0.3) is 0 Å². The minimum Gasteiger partial charge on any atom is -0.387 e. The highest BCUT2D eigenvalue weighted by atomic mass is 19.1. The maximum Gasteiger partial charge on any atom is 0.123 e. The molecule has 0 aliphatic rings. The molecular weight excluding hydrogens is 157 g/mol. The summed E-state index contributed by atoms with van der Waals surface area (Å²) in [6, 6.07) is 5.34. The largest absolute Gasteiger partial charge is 0.387 e. The molecule has 1 rings (SSSR count). The molecule has 2 nitrogen and oxygen atoms in total. The minimum atomic E-state index is -0.717. The number of halogens is 1. The fourth-order valence-corrected chi connectivity index (χ4v) is 0.964. The van der Waals surface area contributed by atoms with E-state index in [1.807, 2.05) is 0 Å². The summed E-state index contributed by atoms with van der Waals surface area (Å²) in [5, 5.41) is 9.44. The van der Waals surface area contributed by atoms with Crippen molar-refractivity contribution < 1.29 is 9.50 Å². The Morgan fingerprint density at radius 1 is 1.33 bits per heavy atom. The molecule has 12 heavy (non-hydrogen) atoms. The van der Waals surface area contributed by atoms with Crippen molar-refractivity contribution in [1.82, 2.24) is 0 Å². The van der Waals surface area contributed by atoms with E-state index < -0.39 is 6.10 Å². The topological polar surface area (TPSA) is 46.2 Å². The van der Waals surface area contributed by atoms with Crippen molar-refractivity contribution in [2.75, 3.05) is 0 Å². The average Bonchev–Trinajstić information content (AvgIpc) is 2.04. The van der Waals surface area contributed by atoms with Gasteiger partial charge in [-0.2, -0.15) is 0 Å². The molecule has 0 spiro atoms. The van der Waals surface area contributed by atoms with Gasteiger partial charge in [0.1, 0.15) is 5.82 Å². The summed E-state index contributed by atoms with van der Waals surface area (Å²) in [5.74, 6) is -0.310. The third-order valence-corrected chi connectivity index (χ3v) is 1.71. The second-order valence-electron chi connectivity index (χ2n) is 2.86. The first-order valence-electron chi connectivity index (χ1n) is 3.80. The summed E-state index contributed by atoms with van der Waals surface area (Å²) < 4.78 is 12.4. The minimum absolute atomic E-state index is 0.310. The highest BCUT2D eigenvalue weighted by Gasteiger charge is 2.11. The molecule has 0 radical (unpaired) electrons. The maximum absolute atomic E-state index is 12.4. The molecule has 0 saturated carbocycles. The van der Waals surface area contributed by atoms with E-state index >= 15 is 0 Å². The van der Waals surface area contributed by atoms with Crippen molar-refractivity contribution in [3.63, 3.8) is 0 Å². The summed E-state index contributed by atoms with van der Waals surface area (Å²) in [6.45, 7) is 1.70. The number of benzene rings is 1. The molecule has 0 heterocycles. The molecule has 3 heteroatoms. The van der Waals surface area contributed by atoms with Gasteiger partial charge in [0.2, 0.25) is 0 Å². The van der Waals surface area contributed by atoms with E-state index in [1.54, 1.807) is 6.92 Å². The molecule has 0 fully saturated rings. The molecule has 0 aliphatic heterocycles. The first kappa shape index (κ1) is 9.16. The molecule has 3 N–H and O–H groups in total.